The van der Waals surface area contributed by atoms with Crippen molar-refractivity contribution in [1.29, 1.82) is 5.26 Å². The lowest BCUT2D eigenvalue weighted by Gasteiger charge is -2.38. The van der Waals surface area contributed by atoms with Crippen molar-refractivity contribution in [3.8, 4) is 6.07 Å². The zero-order valence-electron chi connectivity index (χ0n) is 14.4. The van der Waals surface area contributed by atoms with E-state index in [0.29, 0.717) is 11.3 Å². The second-order valence-corrected chi connectivity index (χ2v) is 6.22. The number of nitrogens with zero attached hydrogens (tertiary/aromatic N) is 3. The molecule has 1 amide bonds. The summed E-state index contributed by atoms with van der Waals surface area (Å²) in [6, 6.07) is 19.2. The fourth-order valence-electron chi connectivity index (χ4n) is 3.09. The fraction of sp³-hybridized carbons (Fsp3) is 0.300. The van der Waals surface area contributed by atoms with Gasteiger partial charge in [0.2, 0.25) is 5.91 Å². The van der Waals surface area contributed by atoms with E-state index in [2.05, 4.69) is 33.3 Å². The van der Waals surface area contributed by atoms with E-state index in [1.54, 1.807) is 24.3 Å². The second-order valence-electron chi connectivity index (χ2n) is 6.22. The van der Waals surface area contributed by atoms with Crippen LogP contribution in [0.4, 0.5) is 11.4 Å². The maximum Gasteiger partial charge on any atom is 0.241 e. The van der Waals surface area contributed by atoms with Crippen molar-refractivity contribution in [3.63, 3.8) is 0 Å². The Morgan fingerprint density at radius 3 is 2.48 bits per heavy atom. The highest BCUT2D eigenvalue weighted by Crippen LogP contribution is 2.17. The number of nitrogens with one attached hydrogen (secondary N) is 1. The van der Waals surface area contributed by atoms with E-state index in [-0.39, 0.29) is 11.9 Å². The third-order valence-corrected chi connectivity index (χ3v) is 4.62. The number of benzene rings is 2. The van der Waals surface area contributed by atoms with Gasteiger partial charge < -0.3 is 10.2 Å². The summed E-state index contributed by atoms with van der Waals surface area (Å²) < 4.78 is 0. The first kappa shape index (κ1) is 17.0. The van der Waals surface area contributed by atoms with Crippen molar-refractivity contribution >= 4 is 17.3 Å². The Balaban J connectivity index is 1.56. The first-order valence-corrected chi connectivity index (χ1v) is 8.52. The van der Waals surface area contributed by atoms with Crippen LogP contribution in [0.1, 0.15) is 12.5 Å². The SMILES string of the molecule is CC(C(=O)Nc1cccc(C#N)c1)N1CCN(c2ccccc2)CC1. The number of hydrogen-bond acceptors (Lipinski definition) is 4. The first-order chi connectivity index (χ1) is 12.2. The molecule has 1 N–H and O–H groups in total. The third kappa shape index (κ3) is 4.17. The molecule has 0 radical (unpaired) electrons. The van der Waals surface area contributed by atoms with Crippen molar-refractivity contribution in [2.45, 2.75) is 13.0 Å². The number of para-hydroxylation sites is 1. The minimum Gasteiger partial charge on any atom is -0.369 e. The lowest BCUT2D eigenvalue weighted by atomic mass is 10.1. The van der Waals surface area contributed by atoms with Crippen LogP contribution in [0.5, 0.6) is 0 Å². The van der Waals surface area contributed by atoms with E-state index in [4.69, 9.17) is 5.26 Å². The smallest absolute Gasteiger partial charge is 0.241 e. The van der Waals surface area contributed by atoms with Gasteiger partial charge in [0.25, 0.3) is 0 Å². The van der Waals surface area contributed by atoms with E-state index in [9.17, 15) is 4.79 Å². The average Bonchev–Trinajstić information content (AvgIpc) is 2.68. The van der Waals surface area contributed by atoms with Crippen LogP contribution in [0.25, 0.3) is 0 Å². The van der Waals surface area contributed by atoms with Crippen LogP contribution in [0.15, 0.2) is 54.6 Å². The minimum absolute atomic E-state index is 0.0387. The Hall–Kier alpha value is -2.84. The standard InChI is InChI=1S/C20H22N4O/c1-16(20(25)22-18-7-5-6-17(14-18)15-21)23-10-12-24(13-11-23)19-8-3-2-4-9-19/h2-9,14,16H,10-13H2,1H3,(H,22,25). The molecule has 5 heteroatoms. The molecule has 0 bridgehead atoms. The van der Waals surface area contributed by atoms with E-state index < -0.39 is 0 Å². The Morgan fingerprint density at radius 2 is 1.80 bits per heavy atom. The van der Waals surface area contributed by atoms with Crippen LogP contribution in [-0.4, -0.2) is 43.0 Å². The molecular weight excluding hydrogens is 312 g/mol. The molecule has 0 aliphatic carbocycles. The predicted molar refractivity (Wildman–Crippen MR) is 99.5 cm³/mol. The number of piperazine rings is 1. The maximum atomic E-state index is 12.5. The molecule has 1 atom stereocenters. The van der Waals surface area contributed by atoms with Gasteiger partial charge in [0.05, 0.1) is 17.7 Å². The highest BCUT2D eigenvalue weighted by molar-refractivity contribution is 5.94. The minimum atomic E-state index is -0.205. The molecule has 1 aliphatic heterocycles. The summed E-state index contributed by atoms with van der Waals surface area (Å²) in [5.74, 6) is -0.0387. The molecule has 0 saturated carbocycles. The Morgan fingerprint density at radius 1 is 1.08 bits per heavy atom. The van der Waals surface area contributed by atoms with Crippen molar-refractivity contribution in [2.24, 2.45) is 0 Å². The molecule has 128 valence electrons. The van der Waals surface area contributed by atoms with E-state index in [0.717, 1.165) is 26.2 Å². The summed E-state index contributed by atoms with van der Waals surface area (Å²) in [4.78, 5) is 17.1. The van der Waals surface area contributed by atoms with Crippen molar-refractivity contribution < 1.29 is 4.79 Å². The quantitative estimate of drug-likeness (QED) is 0.934. The van der Waals surface area contributed by atoms with Crippen LogP contribution in [-0.2, 0) is 4.79 Å². The lowest BCUT2D eigenvalue weighted by Crippen LogP contribution is -2.52. The number of anilines is 2. The van der Waals surface area contributed by atoms with Gasteiger partial charge in [0, 0.05) is 37.6 Å². The van der Waals surface area contributed by atoms with Crippen LogP contribution >= 0.6 is 0 Å². The van der Waals surface area contributed by atoms with Crippen LogP contribution in [0, 0.1) is 11.3 Å². The summed E-state index contributed by atoms with van der Waals surface area (Å²) in [5.41, 5.74) is 2.44. The number of carbonyl (C=O) groups is 1. The van der Waals surface area contributed by atoms with E-state index >= 15 is 0 Å². The number of amides is 1. The molecule has 2 aromatic carbocycles. The second kappa shape index (κ2) is 7.82. The van der Waals surface area contributed by atoms with Gasteiger partial charge in [0.1, 0.15) is 0 Å². The summed E-state index contributed by atoms with van der Waals surface area (Å²) in [6.07, 6.45) is 0. The third-order valence-electron chi connectivity index (χ3n) is 4.62. The molecule has 1 saturated heterocycles. The molecule has 1 aliphatic rings. The molecule has 3 rings (SSSR count). The summed E-state index contributed by atoms with van der Waals surface area (Å²) in [7, 11) is 0. The number of carbonyl (C=O) groups excluding carboxylic acids is 1. The monoisotopic (exact) mass is 334 g/mol. The number of nitriles is 1. The molecule has 1 unspecified atom stereocenters. The lowest BCUT2D eigenvalue weighted by molar-refractivity contribution is -0.120. The fourth-order valence-corrected chi connectivity index (χ4v) is 3.09. The van der Waals surface area contributed by atoms with Crippen LogP contribution in [0.2, 0.25) is 0 Å². The molecule has 2 aromatic rings. The van der Waals surface area contributed by atoms with Gasteiger partial charge in [-0.15, -0.1) is 0 Å². The molecule has 0 spiro atoms. The predicted octanol–water partition coefficient (Wildman–Crippen LogP) is 2.71. The topological polar surface area (TPSA) is 59.4 Å². The summed E-state index contributed by atoms with van der Waals surface area (Å²) in [6.45, 7) is 5.45. The zero-order chi connectivity index (χ0) is 17.6. The van der Waals surface area contributed by atoms with E-state index in [1.807, 2.05) is 25.1 Å². The van der Waals surface area contributed by atoms with Gasteiger partial charge in [0.15, 0.2) is 0 Å². The Bertz CT molecular complexity index is 761. The van der Waals surface area contributed by atoms with Gasteiger partial charge in [-0.1, -0.05) is 24.3 Å². The van der Waals surface area contributed by atoms with Gasteiger partial charge in [-0.2, -0.15) is 5.26 Å². The highest BCUT2D eigenvalue weighted by atomic mass is 16.2. The van der Waals surface area contributed by atoms with Crippen molar-refractivity contribution in [1.82, 2.24) is 4.90 Å². The normalized spacial score (nSPS) is 16.1. The summed E-state index contributed by atoms with van der Waals surface area (Å²) in [5, 5.41) is 11.9. The number of hydrogen-bond donors (Lipinski definition) is 1. The van der Waals surface area contributed by atoms with Crippen molar-refractivity contribution in [2.75, 3.05) is 36.4 Å². The molecule has 5 nitrogen and oxygen atoms in total. The average molecular weight is 334 g/mol. The largest absolute Gasteiger partial charge is 0.369 e. The van der Waals surface area contributed by atoms with E-state index in [1.165, 1.54) is 5.69 Å². The molecular formula is C20H22N4O. The molecule has 0 aromatic heterocycles. The van der Waals surface area contributed by atoms with Crippen LogP contribution in [0.3, 0.4) is 0 Å². The maximum absolute atomic E-state index is 12.5. The zero-order valence-corrected chi connectivity index (χ0v) is 14.4. The Kier molecular flexibility index (Phi) is 5.32. The van der Waals surface area contributed by atoms with Crippen LogP contribution < -0.4 is 10.2 Å². The highest BCUT2D eigenvalue weighted by Gasteiger charge is 2.25. The van der Waals surface area contributed by atoms with Gasteiger partial charge in [-0.3, -0.25) is 9.69 Å². The molecule has 1 fully saturated rings. The Labute approximate surface area is 148 Å². The van der Waals surface area contributed by atoms with Gasteiger partial charge >= 0.3 is 0 Å². The summed E-state index contributed by atoms with van der Waals surface area (Å²) >= 11 is 0. The van der Waals surface area contributed by atoms with Gasteiger partial charge in [-0.05, 0) is 37.3 Å². The molecule has 1 heterocycles. The van der Waals surface area contributed by atoms with Crippen molar-refractivity contribution in [3.05, 3.63) is 60.2 Å². The van der Waals surface area contributed by atoms with Gasteiger partial charge in [-0.25, -0.2) is 0 Å². The molecule has 25 heavy (non-hydrogen) atoms. The number of rotatable bonds is 4. The first-order valence-electron chi connectivity index (χ1n) is 8.52.